The van der Waals surface area contributed by atoms with Crippen LogP contribution in [0.1, 0.15) is 17.8 Å². The Morgan fingerprint density at radius 2 is 2.09 bits per heavy atom. The summed E-state index contributed by atoms with van der Waals surface area (Å²) in [5, 5.41) is 10.1. The second-order valence-electron chi connectivity index (χ2n) is 5.14. The molecule has 0 spiro atoms. The molecule has 23 heavy (non-hydrogen) atoms. The summed E-state index contributed by atoms with van der Waals surface area (Å²) in [5.41, 5.74) is 1.70. The summed E-state index contributed by atoms with van der Waals surface area (Å²) in [6.45, 7) is 4.23. The van der Waals surface area contributed by atoms with Crippen molar-refractivity contribution in [3.63, 3.8) is 0 Å². The first-order valence-electron chi connectivity index (χ1n) is 7.26. The van der Waals surface area contributed by atoms with Crippen LogP contribution in [-0.2, 0) is 4.79 Å². The number of carbonyl (C=O) groups excluding carboxylic acids is 1. The normalized spacial score (nSPS) is 10.7. The Balaban J connectivity index is 1.58. The quantitative estimate of drug-likeness (QED) is 0.742. The first-order chi connectivity index (χ1) is 11.1. The third-order valence-electron chi connectivity index (χ3n) is 3.19. The number of anilines is 2. The molecule has 0 fully saturated rings. The van der Waals surface area contributed by atoms with Crippen LogP contribution in [0.2, 0.25) is 0 Å². The van der Waals surface area contributed by atoms with Crippen LogP contribution in [-0.4, -0.2) is 37.0 Å². The fraction of sp³-hybridized carbons (Fsp3) is 0.267. The van der Waals surface area contributed by atoms with Gasteiger partial charge in [0, 0.05) is 30.4 Å². The Labute approximate surface area is 133 Å². The van der Waals surface area contributed by atoms with Crippen molar-refractivity contribution in [2.75, 3.05) is 17.2 Å². The Bertz CT molecular complexity index is 843. The van der Waals surface area contributed by atoms with Crippen molar-refractivity contribution >= 4 is 23.3 Å². The summed E-state index contributed by atoms with van der Waals surface area (Å²) in [7, 11) is 0. The van der Waals surface area contributed by atoms with Crippen molar-refractivity contribution in [1.29, 1.82) is 0 Å². The Hall–Kier alpha value is -3.03. The highest BCUT2D eigenvalue weighted by molar-refractivity contribution is 5.90. The van der Waals surface area contributed by atoms with Gasteiger partial charge in [0.1, 0.15) is 18.0 Å². The lowest BCUT2D eigenvalue weighted by Gasteiger charge is -2.09. The van der Waals surface area contributed by atoms with Crippen LogP contribution < -0.4 is 10.6 Å². The molecule has 0 aliphatic rings. The molecule has 3 aromatic heterocycles. The topological polar surface area (TPSA) is 97.1 Å². The van der Waals surface area contributed by atoms with Crippen LogP contribution in [0.4, 0.5) is 11.6 Å². The molecule has 1 amide bonds. The molecule has 0 aliphatic heterocycles. The largest absolute Gasteiger partial charge is 0.369 e. The number of nitrogens with one attached hydrogen (secondary N) is 2. The minimum absolute atomic E-state index is 0.101. The zero-order chi connectivity index (χ0) is 16.2. The van der Waals surface area contributed by atoms with Gasteiger partial charge in [0.25, 0.3) is 5.78 Å². The maximum absolute atomic E-state index is 12.0. The molecule has 8 nitrogen and oxygen atoms in total. The lowest BCUT2D eigenvalue weighted by atomic mass is 10.3. The number of fused-ring (bicyclic) bond motifs is 1. The van der Waals surface area contributed by atoms with Gasteiger partial charge in [-0.3, -0.25) is 4.79 Å². The summed E-state index contributed by atoms with van der Waals surface area (Å²) in [4.78, 5) is 24.5. The van der Waals surface area contributed by atoms with E-state index in [2.05, 4.69) is 30.7 Å². The summed E-state index contributed by atoms with van der Waals surface area (Å²) in [6, 6.07) is 7.37. The second kappa shape index (κ2) is 6.39. The average Bonchev–Trinajstić information content (AvgIpc) is 2.95. The minimum Gasteiger partial charge on any atom is -0.369 e. The fourth-order valence-electron chi connectivity index (χ4n) is 2.18. The van der Waals surface area contributed by atoms with E-state index >= 15 is 0 Å². The molecule has 0 bridgehead atoms. The van der Waals surface area contributed by atoms with Crippen molar-refractivity contribution in [3.8, 4) is 0 Å². The van der Waals surface area contributed by atoms with Crippen LogP contribution in [0.25, 0.3) is 5.78 Å². The molecule has 0 aliphatic carbocycles. The number of hydrogen-bond acceptors (Lipinski definition) is 6. The summed E-state index contributed by atoms with van der Waals surface area (Å²) in [6.07, 6.45) is 1.76. The van der Waals surface area contributed by atoms with Crippen molar-refractivity contribution in [3.05, 3.63) is 42.0 Å². The van der Waals surface area contributed by atoms with Crippen molar-refractivity contribution in [2.45, 2.75) is 20.3 Å². The third kappa shape index (κ3) is 3.60. The smallest absolute Gasteiger partial charge is 0.254 e. The summed E-state index contributed by atoms with van der Waals surface area (Å²) in [5.74, 6) is 1.75. The van der Waals surface area contributed by atoms with Gasteiger partial charge in [-0.2, -0.15) is 14.6 Å². The molecule has 0 aromatic carbocycles. The average molecular weight is 311 g/mol. The molecule has 0 saturated heterocycles. The van der Waals surface area contributed by atoms with Gasteiger partial charge < -0.3 is 10.6 Å². The number of carbonyl (C=O) groups is 1. The van der Waals surface area contributed by atoms with Gasteiger partial charge in [0.15, 0.2) is 0 Å². The minimum atomic E-state index is -0.101. The van der Waals surface area contributed by atoms with Gasteiger partial charge in [-0.05, 0) is 26.0 Å². The first kappa shape index (κ1) is 14.9. The van der Waals surface area contributed by atoms with E-state index in [4.69, 9.17) is 0 Å². The van der Waals surface area contributed by atoms with Gasteiger partial charge in [0.05, 0.1) is 0 Å². The number of hydrogen-bond donors (Lipinski definition) is 2. The molecule has 3 rings (SSSR count). The van der Waals surface area contributed by atoms with Crippen LogP contribution in [0.15, 0.2) is 30.6 Å². The number of nitrogens with zero attached hydrogens (tertiary/aromatic N) is 5. The SMILES string of the molecule is Cc1cccc(NC(=O)CCNc2cc(C)nc3ncnn23)n1. The number of aryl methyl sites for hydroxylation is 2. The zero-order valence-corrected chi connectivity index (χ0v) is 12.9. The molecular weight excluding hydrogens is 294 g/mol. The van der Waals surface area contributed by atoms with Crippen LogP contribution in [0, 0.1) is 13.8 Å². The molecule has 118 valence electrons. The second-order valence-corrected chi connectivity index (χ2v) is 5.14. The van der Waals surface area contributed by atoms with E-state index in [0.29, 0.717) is 24.6 Å². The van der Waals surface area contributed by atoms with Crippen LogP contribution in [0.3, 0.4) is 0 Å². The van der Waals surface area contributed by atoms with Crippen molar-refractivity contribution in [2.24, 2.45) is 0 Å². The predicted molar refractivity (Wildman–Crippen MR) is 86.2 cm³/mol. The Kier molecular flexibility index (Phi) is 4.13. The highest BCUT2D eigenvalue weighted by Crippen LogP contribution is 2.10. The molecule has 0 saturated carbocycles. The lowest BCUT2D eigenvalue weighted by molar-refractivity contribution is -0.116. The number of rotatable bonds is 5. The van der Waals surface area contributed by atoms with E-state index < -0.39 is 0 Å². The molecule has 3 aromatic rings. The maximum Gasteiger partial charge on any atom is 0.254 e. The molecule has 8 heteroatoms. The fourth-order valence-corrected chi connectivity index (χ4v) is 2.18. The molecule has 0 atom stereocenters. The van der Waals surface area contributed by atoms with Gasteiger partial charge in [0.2, 0.25) is 5.91 Å². The molecule has 0 unspecified atom stereocenters. The third-order valence-corrected chi connectivity index (χ3v) is 3.19. The lowest BCUT2D eigenvalue weighted by Crippen LogP contribution is -2.18. The van der Waals surface area contributed by atoms with E-state index in [1.54, 1.807) is 10.6 Å². The van der Waals surface area contributed by atoms with E-state index in [0.717, 1.165) is 17.2 Å². The highest BCUT2D eigenvalue weighted by atomic mass is 16.1. The van der Waals surface area contributed by atoms with Gasteiger partial charge in [-0.15, -0.1) is 0 Å². The number of amides is 1. The summed E-state index contributed by atoms with van der Waals surface area (Å²) < 4.78 is 1.60. The van der Waals surface area contributed by atoms with E-state index in [9.17, 15) is 4.79 Å². The number of pyridine rings is 1. The van der Waals surface area contributed by atoms with Gasteiger partial charge >= 0.3 is 0 Å². The maximum atomic E-state index is 12.0. The zero-order valence-electron chi connectivity index (χ0n) is 12.9. The highest BCUT2D eigenvalue weighted by Gasteiger charge is 2.07. The molecule has 0 radical (unpaired) electrons. The Morgan fingerprint density at radius 3 is 2.91 bits per heavy atom. The van der Waals surface area contributed by atoms with Gasteiger partial charge in [-0.1, -0.05) is 6.07 Å². The first-order valence-corrected chi connectivity index (χ1v) is 7.26. The van der Waals surface area contributed by atoms with E-state index in [-0.39, 0.29) is 5.91 Å². The monoisotopic (exact) mass is 311 g/mol. The molecular formula is C15H17N7O. The van der Waals surface area contributed by atoms with Crippen molar-refractivity contribution in [1.82, 2.24) is 24.6 Å². The van der Waals surface area contributed by atoms with Crippen LogP contribution >= 0.6 is 0 Å². The van der Waals surface area contributed by atoms with E-state index in [1.165, 1.54) is 6.33 Å². The number of aromatic nitrogens is 5. The molecule has 3 heterocycles. The predicted octanol–water partition coefficient (Wildman–Crippen LogP) is 1.58. The Morgan fingerprint density at radius 1 is 1.22 bits per heavy atom. The van der Waals surface area contributed by atoms with Gasteiger partial charge in [-0.25, -0.2) is 9.97 Å². The molecule has 2 N–H and O–H groups in total. The van der Waals surface area contributed by atoms with Crippen LogP contribution in [0.5, 0.6) is 0 Å². The van der Waals surface area contributed by atoms with E-state index in [1.807, 2.05) is 32.0 Å². The standard InChI is InChI=1S/C15H17N7O/c1-10-4-3-5-12(19-10)21-14(23)6-7-16-13-8-11(2)20-15-17-9-18-22(13)15/h3-5,8-9,16H,6-7H2,1-2H3,(H,19,21,23). The van der Waals surface area contributed by atoms with Crippen molar-refractivity contribution < 1.29 is 4.79 Å². The summed E-state index contributed by atoms with van der Waals surface area (Å²) >= 11 is 0.